The fraction of sp³-hybridized carbons (Fsp3) is 0.588. The van der Waals surface area contributed by atoms with E-state index in [1.54, 1.807) is 12.1 Å². The van der Waals surface area contributed by atoms with Gasteiger partial charge in [0.05, 0.1) is 24.3 Å². The van der Waals surface area contributed by atoms with Crippen molar-refractivity contribution >= 4 is 17.3 Å². The number of anilines is 2. The molecule has 0 aromatic heterocycles. The van der Waals surface area contributed by atoms with Gasteiger partial charge in [-0.15, -0.1) is 0 Å². The van der Waals surface area contributed by atoms with Gasteiger partial charge in [-0.2, -0.15) is 0 Å². The SMILES string of the molecule is O=C(C[C@H]1CCCO1)Nc1ccc(NC[C@H]2CCCO2)c(F)c1. The first-order valence-corrected chi connectivity index (χ1v) is 8.27. The first-order valence-electron chi connectivity index (χ1n) is 8.27. The van der Waals surface area contributed by atoms with Crippen LogP contribution in [0.4, 0.5) is 15.8 Å². The van der Waals surface area contributed by atoms with Gasteiger partial charge in [0.15, 0.2) is 0 Å². The molecule has 2 heterocycles. The minimum Gasteiger partial charge on any atom is -0.380 e. The van der Waals surface area contributed by atoms with E-state index in [9.17, 15) is 9.18 Å². The summed E-state index contributed by atoms with van der Waals surface area (Å²) in [6.07, 6.45) is 4.44. The first-order chi connectivity index (χ1) is 11.2. The van der Waals surface area contributed by atoms with Gasteiger partial charge < -0.3 is 20.1 Å². The molecule has 1 aromatic rings. The molecular weight excluding hydrogens is 299 g/mol. The average Bonchev–Trinajstić information content (AvgIpc) is 3.19. The summed E-state index contributed by atoms with van der Waals surface area (Å²) in [5.41, 5.74) is 0.894. The lowest BCUT2D eigenvalue weighted by atomic mass is 10.1. The monoisotopic (exact) mass is 322 g/mol. The van der Waals surface area contributed by atoms with E-state index >= 15 is 0 Å². The Morgan fingerprint density at radius 1 is 1.17 bits per heavy atom. The minimum absolute atomic E-state index is 0.00722. The lowest BCUT2D eigenvalue weighted by Gasteiger charge is -2.14. The summed E-state index contributed by atoms with van der Waals surface area (Å²) in [4.78, 5) is 11.9. The van der Waals surface area contributed by atoms with Crippen LogP contribution in [-0.4, -0.2) is 37.9 Å². The van der Waals surface area contributed by atoms with Gasteiger partial charge in [-0.3, -0.25) is 4.79 Å². The normalized spacial score (nSPS) is 23.9. The molecule has 2 N–H and O–H groups in total. The van der Waals surface area contributed by atoms with E-state index in [1.807, 2.05) is 0 Å². The zero-order chi connectivity index (χ0) is 16.1. The lowest BCUT2D eigenvalue weighted by molar-refractivity contribution is -0.118. The van der Waals surface area contributed by atoms with Crippen molar-refractivity contribution in [3.8, 4) is 0 Å². The van der Waals surface area contributed by atoms with Gasteiger partial charge in [0.1, 0.15) is 5.82 Å². The van der Waals surface area contributed by atoms with Crippen LogP contribution >= 0.6 is 0 Å². The van der Waals surface area contributed by atoms with Crippen LogP contribution in [-0.2, 0) is 14.3 Å². The molecule has 0 bridgehead atoms. The Balaban J connectivity index is 1.50. The van der Waals surface area contributed by atoms with Gasteiger partial charge in [0.2, 0.25) is 5.91 Å². The van der Waals surface area contributed by atoms with Crippen molar-refractivity contribution < 1.29 is 18.7 Å². The smallest absolute Gasteiger partial charge is 0.226 e. The van der Waals surface area contributed by atoms with Crippen molar-refractivity contribution in [1.82, 2.24) is 0 Å². The molecule has 126 valence electrons. The van der Waals surface area contributed by atoms with Crippen LogP contribution in [0, 0.1) is 5.82 Å². The molecule has 0 radical (unpaired) electrons. The van der Waals surface area contributed by atoms with E-state index < -0.39 is 0 Å². The highest BCUT2D eigenvalue weighted by molar-refractivity contribution is 5.91. The van der Waals surface area contributed by atoms with E-state index in [4.69, 9.17) is 9.47 Å². The number of amides is 1. The molecule has 6 heteroatoms. The molecule has 5 nitrogen and oxygen atoms in total. The van der Waals surface area contributed by atoms with Crippen LogP contribution in [0.1, 0.15) is 32.1 Å². The number of nitrogens with one attached hydrogen (secondary N) is 2. The Morgan fingerprint density at radius 2 is 1.91 bits per heavy atom. The van der Waals surface area contributed by atoms with E-state index in [0.29, 0.717) is 24.3 Å². The molecule has 2 atom stereocenters. The Labute approximate surface area is 135 Å². The summed E-state index contributed by atoms with van der Waals surface area (Å²) in [6.45, 7) is 2.10. The number of halogens is 1. The number of ether oxygens (including phenoxy) is 2. The number of hydrogen-bond donors (Lipinski definition) is 2. The Hall–Kier alpha value is -1.66. The lowest BCUT2D eigenvalue weighted by Crippen LogP contribution is -2.20. The van der Waals surface area contributed by atoms with Gasteiger partial charge in [-0.05, 0) is 43.9 Å². The number of hydrogen-bond acceptors (Lipinski definition) is 4. The van der Waals surface area contributed by atoms with Gasteiger partial charge in [0, 0.05) is 25.4 Å². The maximum atomic E-state index is 14.1. The summed E-state index contributed by atoms with van der Waals surface area (Å²) in [5, 5.41) is 5.78. The van der Waals surface area contributed by atoms with Crippen molar-refractivity contribution in [2.24, 2.45) is 0 Å². The highest BCUT2D eigenvalue weighted by Crippen LogP contribution is 2.21. The van der Waals surface area contributed by atoms with E-state index in [2.05, 4.69) is 10.6 Å². The number of carbonyl (C=O) groups is 1. The zero-order valence-electron chi connectivity index (χ0n) is 13.1. The fourth-order valence-corrected chi connectivity index (χ4v) is 2.99. The van der Waals surface area contributed by atoms with Crippen LogP contribution in [0.2, 0.25) is 0 Å². The minimum atomic E-state index is -0.377. The van der Waals surface area contributed by atoms with Crippen LogP contribution in [0.25, 0.3) is 0 Å². The van der Waals surface area contributed by atoms with Crippen LogP contribution in [0.15, 0.2) is 18.2 Å². The standard InChI is InChI=1S/C17H23FN2O3/c18-15-9-12(20-17(21)10-13-3-1-7-22-13)5-6-16(15)19-11-14-4-2-8-23-14/h5-6,9,13-14,19H,1-4,7-8,10-11H2,(H,20,21)/t13-,14-/m1/s1. The highest BCUT2D eigenvalue weighted by Gasteiger charge is 2.19. The average molecular weight is 322 g/mol. The molecule has 2 aliphatic rings. The molecule has 3 rings (SSSR count). The molecule has 1 amide bonds. The predicted octanol–water partition coefficient (Wildman–Crippen LogP) is 2.92. The second-order valence-corrected chi connectivity index (χ2v) is 6.10. The summed E-state index contributed by atoms with van der Waals surface area (Å²) in [5.74, 6) is -0.519. The maximum absolute atomic E-state index is 14.1. The molecule has 23 heavy (non-hydrogen) atoms. The highest BCUT2D eigenvalue weighted by atomic mass is 19.1. The molecule has 0 spiro atoms. The summed E-state index contributed by atoms with van der Waals surface area (Å²) in [6, 6.07) is 4.69. The van der Waals surface area contributed by atoms with Gasteiger partial charge in [-0.1, -0.05) is 0 Å². The van der Waals surface area contributed by atoms with E-state index in [0.717, 1.165) is 38.9 Å². The maximum Gasteiger partial charge on any atom is 0.226 e. The van der Waals surface area contributed by atoms with Crippen molar-refractivity contribution in [1.29, 1.82) is 0 Å². The fourth-order valence-electron chi connectivity index (χ4n) is 2.99. The number of rotatable bonds is 6. The topological polar surface area (TPSA) is 59.6 Å². The second kappa shape index (κ2) is 7.75. The molecule has 0 unspecified atom stereocenters. The van der Waals surface area contributed by atoms with Crippen molar-refractivity contribution in [2.75, 3.05) is 30.4 Å². The van der Waals surface area contributed by atoms with E-state index in [-0.39, 0.29) is 23.9 Å². The molecule has 2 aliphatic heterocycles. The second-order valence-electron chi connectivity index (χ2n) is 6.10. The van der Waals surface area contributed by atoms with Crippen molar-refractivity contribution in [2.45, 2.75) is 44.3 Å². The Morgan fingerprint density at radius 3 is 2.57 bits per heavy atom. The summed E-state index contributed by atoms with van der Waals surface area (Å²) in [7, 11) is 0. The third-order valence-electron chi connectivity index (χ3n) is 4.23. The van der Waals surface area contributed by atoms with Gasteiger partial charge in [-0.25, -0.2) is 4.39 Å². The zero-order valence-corrected chi connectivity index (χ0v) is 13.1. The number of benzene rings is 1. The summed E-state index contributed by atoms with van der Waals surface area (Å²) >= 11 is 0. The largest absolute Gasteiger partial charge is 0.380 e. The number of carbonyl (C=O) groups excluding carboxylic acids is 1. The van der Waals surface area contributed by atoms with E-state index in [1.165, 1.54) is 6.07 Å². The third-order valence-corrected chi connectivity index (χ3v) is 4.23. The van der Waals surface area contributed by atoms with Crippen molar-refractivity contribution in [3.05, 3.63) is 24.0 Å². The molecular formula is C17H23FN2O3. The first kappa shape index (κ1) is 16.2. The van der Waals surface area contributed by atoms with Gasteiger partial charge >= 0.3 is 0 Å². The van der Waals surface area contributed by atoms with Crippen molar-refractivity contribution in [3.63, 3.8) is 0 Å². The quantitative estimate of drug-likeness (QED) is 0.845. The molecule has 1 aromatic carbocycles. The molecule has 2 fully saturated rings. The molecule has 0 aliphatic carbocycles. The Kier molecular flexibility index (Phi) is 5.46. The van der Waals surface area contributed by atoms with Crippen LogP contribution in [0.3, 0.4) is 0 Å². The van der Waals surface area contributed by atoms with Gasteiger partial charge in [0.25, 0.3) is 0 Å². The summed E-state index contributed by atoms with van der Waals surface area (Å²) < 4.78 is 25.0. The van der Waals surface area contributed by atoms with Crippen LogP contribution < -0.4 is 10.6 Å². The molecule has 0 saturated carbocycles. The predicted molar refractivity (Wildman–Crippen MR) is 86.1 cm³/mol. The van der Waals surface area contributed by atoms with Crippen LogP contribution in [0.5, 0.6) is 0 Å². The molecule has 2 saturated heterocycles. The Bertz CT molecular complexity index is 541. The third kappa shape index (κ3) is 4.65.